The van der Waals surface area contributed by atoms with Gasteiger partial charge in [0.2, 0.25) is 0 Å². The fourth-order valence-electron chi connectivity index (χ4n) is 1.35. The highest BCUT2D eigenvalue weighted by molar-refractivity contribution is 7.92. The van der Waals surface area contributed by atoms with Gasteiger partial charge in [0.15, 0.2) is 0 Å². The normalized spacial score (nSPS) is 11.3. The fraction of sp³-hybridized carbons (Fsp3) is 0. The fourth-order valence-corrected chi connectivity index (χ4v) is 3.08. The van der Waals surface area contributed by atoms with Gasteiger partial charge in [0, 0.05) is 12.4 Å². The van der Waals surface area contributed by atoms with Crippen molar-refractivity contribution in [2.24, 2.45) is 0 Å². The smallest absolute Gasteiger partial charge is 0.262 e. The third-order valence-electron chi connectivity index (χ3n) is 2.30. The molecule has 0 saturated carbocycles. The highest BCUT2D eigenvalue weighted by atomic mass is 35.5. The first-order valence-electron chi connectivity index (χ1n) is 5.07. The lowest BCUT2D eigenvalue weighted by molar-refractivity contribution is 0.601. The predicted octanol–water partition coefficient (Wildman–Crippen LogP) is 2.77. The second-order valence-electron chi connectivity index (χ2n) is 3.64. The van der Waals surface area contributed by atoms with E-state index in [0.717, 1.165) is 0 Å². The molecule has 0 fully saturated rings. The zero-order chi connectivity index (χ0) is 14.0. The maximum Gasteiger partial charge on any atom is 0.262 e. The van der Waals surface area contributed by atoms with Crippen LogP contribution in [0.1, 0.15) is 0 Å². The lowest BCUT2D eigenvalue weighted by Gasteiger charge is -2.09. The van der Waals surface area contributed by atoms with E-state index in [2.05, 4.69) is 9.71 Å². The van der Waals surface area contributed by atoms with Crippen molar-refractivity contribution in [2.45, 2.75) is 4.90 Å². The van der Waals surface area contributed by atoms with Crippen LogP contribution < -0.4 is 10.5 Å². The number of aromatic nitrogens is 1. The van der Waals surface area contributed by atoms with Crippen LogP contribution in [0.25, 0.3) is 0 Å². The summed E-state index contributed by atoms with van der Waals surface area (Å²) in [5.41, 5.74) is 6.09. The number of benzene rings is 1. The molecule has 0 aliphatic heterocycles. The number of hydrogen-bond donors (Lipinski definition) is 2. The number of rotatable bonds is 3. The number of halogens is 2. The number of sulfonamides is 1. The summed E-state index contributed by atoms with van der Waals surface area (Å²) in [6, 6.07) is 5.54. The highest BCUT2D eigenvalue weighted by Gasteiger charge is 2.17. The maximum atomic E-state index is 12.1. The van der Waals surface area contributed by atoms with Crippen molar-refractivity contribution in [3.05, 3.63) is 46.7 Å². The van der Waals surface area contributed by atoms with E-state index in [9.17, 15) is 8.42 Å². The lowest BCUT2D eigenvalue weighted by Crippen LogP contribution is -2.13. The van der Waals surface area contributed by atoms with Gasteiger partial charge in [0.25, 0.3) is 10.0 Å². The molecule has 0 radical (unpaired) electrons. The third-order valence-corrected chi connectivity index (χ3v) is 4.28. The number of nitrogens with zero attached hydrogens (tertiary/aromatic N) is 1. The summed E-state index contributed by atoms with van der Waals surface area (Å²) >= 11 is 11.6. The second kappa shape index (κ2) is 5.24. The van der Waals surface area contributed by atoms with Crippen molar-refractivity contribution in [3.63, 3.8) is 0 Å². The minimum absolute atomic E-state index is 0.0616. The Bertz CT molecular complexity index is 682. The van der Waals surface area contributed by atoms with Crippen LogP contribution in [0.2, 0.25) is 10.0 Å². The minimum atomic E-state index is -3.78. The van der Waals surface area contributed by atoms with Crippen LogP contribution in [0.4, 0.5) is 11.4 Å². The van der Waals surface area contributed by atoms with Gasteiger partial charge in [-0.25, -0.2) is 8.42 Å². The zero-order valence-electron chi connectivity index (χ0n) is 9.47. The molecular weight excluding hydrogens is 309 g/mol. The molecule has 1 aromatic carbocycles. The standard InChI is InChI=1S/C11H9Cl2N3O2S/c12-9-5-8(6-10(13)11(9)14)19(17,18)16-7-1-3-15-4-2-7/h1-6H,14H2,(H,15,16). The Labute approximate surface area is 120 Å². The Morgan fingerprint density at radius 2 is 1.63 bits per heavy atom. The van der Waals surface area contributed by atoms with Crippen LogP contribution in [-0.2, 0) is 10.0 Å². The average molecular weight is 318 g/mol. The van der Waals surface area contributed by atoms with Crippen molar-refractivity contribution in [1.82, 2.24) is 4.98 Å². The Balaban J connectivity index is 2.40. The Morgan fingerprint density at radius 3 is 2.16 bits per heavy atom. The number of pyridine rings is 1. The van der Waals surface area contributed by atoms with E-state index in [1.165, 1.54) is 36.7 Å². The van der Waals surface area contributed by atoms with E-state index < -0.39 is 10.0 Å². The number of nitrogen functional groups attached to an aromatic ring is 1. The largest absolute Gasteiger partial charge is 0.396 e. The van der Waals surface area contributed by atoms with E-state index in [1.54, 1.807) is 0 Å². The van der Waals surface area contributed by atoms with Gasteiger partial charge in [-0.2, -0.15) is 0 Å². The van der Waals surface area contributed by atoms with Crippen LogP contribution in [0.5, 0.6) is 0 Å². The second-order valence-corrected chi connectivity index (χ2v) is 6.14. The van der Waals surface area contributed by atoms with Crippen LogP contribution >= 0.6 is 23.2 Å². The summed E-state index contributed by atoms with van der Waals surface area (Å²) in [6.45, 7) is 0. The van der Waals surface area contributed by atoms with Gasteiger partial charge in [-0.05, 0) is 24.3 Å². The molecule has 19 heavy (non-hydrogen) atoms. The van der Waals surface area contributed by atoms with Crippen LogP contribution in [0.3, 0.4) is 0 Å². The molecule has 0 bridgehead atoms. The Morgan fingerprint density at radius 1 is 1.11 bits per heavy atom. The summed E-state index contributed by atoms with van der Waals surface area (Å²) in [5.74, 6) is 0. The van der Waals surface area contributed by atoms with Gasteiger partial charge in [0.05, 0.1) is 26.3 Å². The molecule has 3 N–H and O–H groups in total. The lowest BCUT2D eigenvalue weighted by atomic mass is 10.3. The maximum absolute atomic E-state index is 12.1. The molecule has 0 saturated heterocycles. The van der Waals surface area contributed by atoms with Crippen molar-refractivity contribution in [3.8, 4) is 0 Å². The number of hydrogen-bond acceptors (Lipinski definition) is 4. The van der Waals surface area contributed by atoms with Gasteiger partial charge in [-0.1, -0.05) is 23.2 Å². The van der Waals surface area contributed by atoms with Crippen LogP contribution in [-0.4, -0.2) is 13.4 Å². The first kappa shape index (κ1) is 13.9. The molecule has 2 aromatic rings. The van der Waals surface area contributed by atoms with Crippen molar-refractivity contribution < 1.29 is 8.42 Å². The molecule has 0 aliphatic carbocycles. The summed E-state index contributed by atoms with van der Waals surface area (Å²) in [7, 11) is -3.78. The molecule has 0 aliphatic rings. The molecule has 2 rings (SSSR count). The van der Waals surface area contributed by atoms with Gasteiger partial charge >= 0.3 is 0 Å². The zero-order valence-corrected chi connectivity index (χ0v) is 11.8. The van der Waals surface area contributed by atoms with Crippen LogP contribution in [0, 0.1) is 0 Å². The predicted molar refractivity (Wildman–Crippen MR) is 75.9 cm³/mol. The van der Waals surface area contributed by atoms with Crippen molar-refractivity contribution >= 4 is 44.6 Å². The molecule has 5 nitrogen and oxygen atoms in total. The molecule has 0 unspecified atom stereocenters. The minimum Gasteiger partial charge on any atom is -0.396 e. The number of anilines is 2. The SMILES string of the molecule is Nc1c(Cl)cc(S(=O)(=O)Nc2ccncc2)cc1Cl. The molecule has 0 spiro atoms. The third kappa shape index (κ3) is 3.09. The molecular formula is C11H9Cl2N3O2S. The van der Waals surface area contributed by atoms with Crippen molar-refractivity contribution in [2.75, 3.05) is 10.5 Å². The first-order valence-corrected chi connectivity index (χ1v) is 7.31. The Kier molecular flexibility index (Phi) is 3.84. The Hall–Kier alpha value is -1.50. The highest BCUT2D eigenvalue weighted by Crippen LogP contribution is 2.31. The van der Waals surface area contributed by atoms with E-state index in [-0.39, 0.29) is 20.6 Å². The van der Waals surface area contributed by atoms with Crippen molar-refractivity contribution in [1.29, 1.82) is 0 Å². The quantitative estimate of drug-likeness (QED) is 0.852. The summed E-state index contributed by atoms with van der Waals surface area (Å²) in [5, 5.41) is 0.171. The summed E-state index contributed by atoms with van der Waals surface area (Å²) < 4.78 is 26.6. The molecule has 1 heterocycles. The van der Waals surface area contributed by atoms with Crippen LogP contribution in [0.15, 0.2) is 41.6 Å². The average Bonchev–Trinajstić information content (AvgIpc) is 2.36. The topological polar surface area (TPSA) is 85.1 Å². The van der Waals surface area contributed by atoms with Gasteiger partial charge in [-0.3, -0.25) is 9.71 Å². The molecule has 1 aromatic heterocycles. The van der Waals surface area contributed by atoms with Gasteiger partial charge < -0.3 is 5.73 Å². The van der Waals surface area contributed by atoms with E-state index in [1.807, 2.05) is 0 Å². The number of nitrogens with two attached hydrogens (primary N) is 1. The van der Waals surface area contributed by atoms with Gasteiger partial charge in [0.1, 0.15) is 0 Å². The number of nitrogens with one attached hydrogen (secondary N) is 1. The first-order chi connectivity index (χ1) is 8.90. The van der Waals surface area contributed by atoms with E-state index >= 15 is 0 Å². The molecule has 100 valence electrons. The van der Waals surface area contributed by atoms with E-state index in [0.29, 0.717) is 5.69 Å². The molecule has 8 heteroatoms. The summed E-state index contributed by atoms with van der Waals surface area (Å²) in [4.78, 5) is 3.73. The monoisotopic (exact) mass is 317 g/mol. The molecule has 0 amide bonds. The van der Waals surface area contributed by atoms with E-state index in [4.69, 9.17) is 28.9 Å². The molecule has 0 atom stereocenters. The van der Waals surface area contributed by atoms with Gasteiger partial charge in [-0.15, -0.1) is 0 Å². The summed E-state index contributed by atoms with van der Waals surface area (Å²) in [6.07, 6.45) is 2.95.